The minimum absolute atomic E-state index is 0. The van der Waals surface area contributed by atoms with Gasteiger partial charge in [0.15, 0.2) is 0 Å². The maximum atomic E-state index is 2.32. The molecule has 0 aliphatic rings. The molecule has 0 heterocycles. The first-order valence-electron chi connectivity index (χ1n) is 7.28. The van der Waals surface area contributed by atoms with Gasteiger partial charge in [0.1, 0.15) is 0 Å². The van der Waals surface area contributed by atoms with Crippen LogP contribution < -0.4 is 10.6 Å². The minimum Gasteiger partial charge on any atom is -0.114 e. The molecule has 0 aromatic heterocycles. The Morgan fingerprint density at radius 1 is 0.800 bits per heavy atom. The van der Waals surface area contributed by atoms with Crippen molar-refractivity contribution in [3.8, 4) is 0 Å². The lowest BCUT2D eigenvalue weighted by molar-refractivity contribution is 0.866. The van der Waals surface area contributed by atoms with Crippen molar-refractivity contribution in [3.63, 3.8) is 0 Å². The topological polar surface area (TPSA) is 0 Å². The predicted molar refractivity (Wildman–Crippen MR) is 98.8 cm³/mol. The van der Waals surface area contributed by atoms with E-state index >= 15 is 0 Å². The van der Waals surface area contributed by atoms with Gasteiger partial charge in [-0.15, -0.1) is 17.0 Å². The zero-order chi connectivity index (χ0) is 13.5. The number of aryl methyl sites for hydroxylation is 1. The second kappa shape index (κ2) is 9.32. The highest BCUT2D eigenvalue weighted by Crippen LogP contribution is 2.19. The number of benzene rings is 2. The van der Waals surface area contributed by atoms with E-state index in [-0.39, 0.29) is 17.0 Å². The molecule has 0 nitrogen and oxygen atoms in total. The molecule has 0 bridgehead atoms. The third kappa shape index (κ3) is 4.72. The molecule has 0 radical (unpaired) electrons. The minimum atomic E-state index is 0. The van der Waals surface area contributed by atoms with Crippen LogP contribution in [0.4, 0.5) is 0 Å². The van der Waals surface area contributed by atoms with Crippen LogP contribution in [0, 0.1) is 0 Å². The van der Waals surface area contributed by atoms with E-state index in [4.69, 9.17) is 0 Å². The first-order chi connectivity index (χ1) is 9.35. The summed E-state index contributed by atoms with van der Waals surface area (Å²) in [5.74, 6) is 0. The molecular weight excluding hydrogens is 327 g/mol. The molecule has 2 rings (SSSR count). The first-order valence-corrected chi connectivity index (χ1v) is 8.28. The van der Waals surface area contributed by atoms with Crippen LogP contribution in [0.15, 0.2) is 48.5 Å². The predicted octanol–water partition coefficient (Wildman–Crippen LogP) is 4.80. The number of halogens is 1. The normalized spacial score (nSPS) is 10.7. The highest BCUT2D eigenvalue weighted by Gasteiger charge is 2.07. The van der Waals surface area contributed by atoms with Crippen molar-refractivity contribution >= 4 is 36.2 Å². The van der Waals surface area contributed by atoms with E-state index < -0.39 is 0 Å². The molecule has 0 fully saturated rings. The fourth-order valence-electron chi connectivity index (χ4n) is 2.48. The third-order valence-corrected chi connectivity index (χ3v) is 4.70. The SMILES string of the molecule is Br.CCCc1cccc(Pc2ccccc2)c1CCC. The van der Waals surface area contributed by atoms with E-state index in [0.717, 1.165) is 8.58 Å². The Labute approximate surface area is 135 Å². The van der Waals surface area contributed by atoms with Gasteiger partial charge in [-0.2, -0.15) is 0 Å². The van der Waals surface area contributed by atoms with Crippen molar-refractivity contribution < 1.29 is 0 Å². The monoisotopic (exact) mass is 350 g/mol. The van der Waals surface area contributed by atoms with Crippen LogP contribution in [-0.4, -0.2) is 0 Å². The molecule has 1 unspecified atom stereocenters. The van der Waals surface area contributed by atoms with Crippen molar-refractivity contribution in [2.75, 3.05) is 0 Å². The largest absolute Gasteiger partial charge is 0.114 e. The van der Waals surface area contributed by atoms with Gasteiger partial charge < -0.3 is 0 Å². The second-order valence-electron chi connectivity index (χ2n) is 4.93. The van der Waals surface area contributed by atoms with Crippen LogP contribution in [-0.2, 0) is 12.8 Å². The van der Waals surface area contributed by atoms with Crippen molar-refractivity contribution in [3.05, 3.63) is 59.7 Å². The van der Waals surface area contributed by atoms with Crippen molar-refractivity contribution in [1.82, 2.24) is 0 Å². The van der Waals surface area contributed by atoms with Gasteiger partial charge in [0, 0.05) is 0 Å². The Balaban J connectivity index is 0.00000200. The molecule has 2 heteroatoms. The summed E-state index contributed by atoms with van der Waals surface area (Å²) in [7, 11) is 0.786. The van der Waals surface area contributed by atoms with Crippen LogP contribution in [0.25, 0.3) is 0 Å². The zero-order valence-corrected chi connectivity index (χ0v) is 15.1. The van der Waals surface area contributed by atoms with Crippen molar-refractivity contribution in [2.45, 2.75) is 39.5 Å². The average Bonchev–Trinajstić information content (AvgIpc) is 2.44. The van der Waals surface area contributed by atoms with Gasteiger partial charge in [-0.1, -0.05) is 83.8 Å². The van der Waals surface area contributed by atoms with Crippen LogP contribution in [0.5, 0.6) is 0 Å². The average molecular weight is 351 g/mol. The highest BCUT2D eigenvalue weighted by molar-refractivity contribution is 8.93. The van der Waals surface area contributed by atoms with Gasteiger partial charge in [0.2, 0.25) is 0 Å². The zero-order valence-electron chi connectivity index (χ0n) is 12.4. The summed E-state index contributed by atoms with van der Waals surface area (Å²) in [5.41, 5.74) is 3.17. The van der Waals surface area contributed by atoms with Gasteiger partial charge in [-0.05, 0) is 34.6 Å². The van der Waals surface area contributed by atoms with Crippen LogP contribution in [0.2, 0.25) is 0 Å². The quantitative estimate of drug-likeness (QED) is 0.656. The lowest BCUT2D eigenvalue weighted by Crippen LogP contribution is -2.12. The summed E-state index contributed by atoms with van der Waals surface area (Å²) in [6, 6.07) is 17.7. The summed E-state index contributed by atoms with van der Waals surface area (Å²) in [5, 5.41) is 2.98. The third-order valence-electron chi connectivity index (χ3n) is 3.35. The Bertz CT molecular complexity index is 508. The standard InChI is InChI=1S/C18H23P.BrH/c1-3-9-15-11-8-14-18(17(15)10-4-2)19-16-12-6-5-7-13-16;/h5-8,11-14,19H,3-4,9-10H2,1-2H3;1H. The van der Waals surface area contributed by atoms with E-state index in [1.54, 1.807) is 16.4 Å². The van der Waals surface area contributed by atoms with Crippen LogP contribution in [0.1, 0.15) is 37.8 Å². The van der Waals surface area contributed by atoms with E-state index in [1.807, 2.05) is 0 Å². The fraction of sp³-hybridized carbons (Fsp3) is 0.333. The molecule has 20 heavy (non-hydrogen) atoms. The highest BCUT2D eigenvalue weighted by atomic mass is 79.9. The molecule has 108 valence electrons. The molecule has 0 aliphatic heterocycles. The summed E-state index contributed by atoms with van der Waals surface area (Å²) in [6.45, 7) is 4.54. The van der Waals surface area contributed by atoms with Gasteiger partial charge in [0.05, 0.1) is 0 Å². The first kappa shape index (κ1) is 17.4. The molecule has 0 spiro atoms. The molecule has 0 saturated carbocycles. The van der Waals surface area contributed by atoms with E-state index in [2.05, 4.69) is 62.4 Å². The summed E-state index contributed by atoms with van der Waals surface area (Å²) in [4.78, 5) is 0. The number of rotatable bonds is 6. The Morgan fingerprint density at radius 2 is 1.50 bits per heavy atom. The second-order valence-corrected chi connectivity index (χ2v) is 6.30. The molecule has 1 atom stereocenters. The maximum Gasteiger partial charge on any atom is -0.0192 e. The van der Waals surface area contributed by atoms with E-state index in [9.17, 15) is 0 Å². The van der Waals surface area contributed by atoms with Crippen molar-refractivity contribution in [2.24, 2.45) is 0 Å². The molecule has 0 N–H and O–H groups in total. The van der Waals surface area contributed by atoms with E-state index in [0.29, 0.717) is 0 Å². The molecule has 0 saturated heterocycles. The lowest BCUT2D eigenvalue weighted by Gasteiger charge is -2.14. The van der Waals surface area contributed by atoms with Crippen LogP contribution >= 0.6 is 25.6 Å². The number of hydrogen-bond acceptors (Lipinski definition) is 0. The molecule has 0 aliphatic carbocycles. The number of hydrogen-bond donors (Lipinski definition) is 0. The van der Waals surface area contributed by atoms with E-state index in [1.165, 1.54) is 31.0 Å². The summed E-state index contributed by atoms with van der Waals surface area (Å²) in [6.07, 6.45) is 4.88. The molecular formula is C18H24BrP. The Morgan fingerprint density at radius 3 is 2.15 bits per heavy atom. The van der Waals surface area contributed by atoms with Crippen LogP contribution in [0.3, 0.4) is 0 Å². The van der Waals surface area contributed by atoms with Gasteiger partial charge in [-0.3, -0.25) is 0 Å². The van der Waals surface area contributed by atoms with Gasteiger partial charge in [0.25, 0.3) is 0 Å². The Kier molecular flexibility index (Phi) is 8.11. The molecule has 2 aromatic carbocycles. The van der Waals surface area contributed by atoms with Crippen molar-refractivity contribution in [1.29, 1.82) is 0 Å². The molecule has 2 aromatic rings. The smallest absolute Gasteiger partial charge is 0.0192 e. The lowest BCUT2D eigenvalue weighted by atomic mass is 10.00. The Hall–Kier alpha value is -0.650. The fourth-order valence-corrected chi connectivity index (χ4v) is 3.76. The summed E-state index contributed by atoms with van der Waals surface area (Å²) >= 11 is 0. The molecule has 0 amide bonds. The van der Waals surface area contributed by atoms with Gasteiger partial charge >= 0.3 is 0 Å². The summed E-state index contributed by atoms with van der Waals surface area (Å²) < 4.78 is 0. The van der Waals surface area contributed by atoms with Gasteiger partial charge in [-0.25, -0.2) is 0 Å². The maximum absolute atomic E-state index is 2.32.